The van der Waals surface area contributed by atoms with E-state index in [0.717, 1.165) is 16.7 Å². The molecule has 5 aliphatic rings. The Morgan fingerprint density at radius 2 is 0.800 bits per heavy atom. The zero-order valence-electron chi connectivity index (χ0n) is 51.4. The summed E-state index contributed by atoms with van der Waals surface area (Å²) in [5.74, 6) is -5.39. The summed E-state index contributed by atoms with van der Waals surface area (Å²) in [6.45, 7) is -0.215. The van der Waals surface area contributed by atoms with Crippen molar-refractivity contribution in [2.75, 3.05) is 63.0 Å². The minimum Gasteiger partial charge on any atom is -0.459 e. The predicted molar refractivity (Wildman–Crippen MR) is 315 cm³/mol. The van der Waals surface area contributed by atoms with E-state index in [4.69, 9.17) is 90.0 Å². The van der Waals surface area contributed by atoms with E-state index in [1.807, 2.05) is 127 Å². The number of aliphatic hydroxyl groups is 2. The van der Waals surface area contributed by atoms with Gasteiger partial charge in [0, 0.05) is 49.8 Å². The Labute approximate surface area is 523 Å². The second kappa shape index (κ2) is 32.2. The highest BCUT2D eigenvalue weighted by molar-refractivity contribution is 5.77. The van der Waals surface area contributed by atoms with Crippen molar-refractivity contribution in [1.29, 1.82) is 0 Å². The van der Waals surface area contributed by atoms with Gasteiger partial charge >= 0.3 is 11.9 Å². The fourth-order valence-electron chi connectivity index (χ4n) is 12.3. The van der Waals surface area contributed by atoms with Crippen LogP contribution in [0.2, 0.25) is 0 Å². The summed E-state index contributed by atoms with van der Waals surface area (Å²) < 4.78 is 121. The van der Waals surface area contributed by atoms with Crippen LogP contribution in [0.1, 0.15) is 27.8 Å². The highest BCUT2D eigenvalue weighted by Gasteiger charge is 2.80. The zero-order chi connectivity index (χ0) is 63.2. The first-order valence-corrected chi connectivity index (χ1v) is 30.0. The maximum Gasteiger partial charge on any atom is 0.338 e. The first-order chi connectivity index (χ1) is 44.0. The van der Waals surface area contributed by atoms with Crippen LogP contribution in [0.3, 0.4) is 0 Å². The number of esters is 2. The van der Waals surface area contributed by atoms with E-state index in [1.54, 1.807) is 24.3 Å². The lowest BCUT2D eigenvalue weighted by Gasteiger charge is -2.48. The molecule has 0 radical (unpaired) electrons. The smallest absolute Gasteiger partial charge is 0.338 e. The van der Waals surface area contributed by atoms with Crippen LogP contribution in [0.4, 0.5) is 0 Å². The lowest BCUT2D eigenvalue weighted by atomic mass is 9.96. The minimum atomic E-state index is -1.83. The third-order valence-electron chi connectivity index (χ3n) is 16.8. The minimum absolute atomic E-state index is 0.0000706. The number of hydrogen-bond donors (Lipinski definition) is 2. The van der Waals surface area contributed by atoms with Gasteiger partial charge in [0.05, 0.1) is 44.9 Å². The van der Waals surface area contributed by atoms with Crippen molar-refractivity contribution < 1.29 is 110 Å². The van der Waals surface area contributed by atoms with Crippen LogP contribution in [0.25, 0.3) is 0 Å². The Bertz CT molecular complexity index is 2940. The predicted octanol–water partition coefficient (Wildman–Crippen LogP) is 5.21. The van der Waals surface area contributed by atoms with Gasteiger partial charge in [0.15, 0.2) is 43.2 Å². The van der Waals surface area contributed by atoms with Gasteiger partial charge in [-0.25, -0.2) is 9.59 Å². The number of aliphatic hydroxyl groups excluding tert-OH is 2. The van der Waals surface area contributed by atoms with Crippen molar-refractivity contribution in [1.82, 2.24) is 0 Å². The summed E-state index contributed by atoms with van der Waals surface area (Å²) in [5.41, 5.74) is 3.90. The molecule has 4 aliphatic heterocycles. The zero-order valence-corrected chi connectivity index (χ0v) is 51.4. The number of carbonyl (C=O) groups excluding carboxylic acids is 2. The molecule has 21 atom stereocenters. The van der Waals surface area contributed by atoms with E-state index < -0.39 is 140 Å². The monoisotopic (exact) mass is 1250 g/mol. The summed E-state index contributed by atoms with van der Waals surface area (Å²) in [6, 6.07) is 46.6. The molecular formula is C67H82O23. The molecular weight excluding hydrogens is 1170 g/mol. The molecule has 2 N–H and O–H groups in total. The molecule has 1 saturated carbocycles. The van der Waals surface area contributed by atoms with E-state index >= 15 is 0 Å². The molecule has 23 heteroatoms. The van der Waals surface area contributed by atoms with Gasteiger partial charge in [-0.05, 0) is 27.8 Å². The number of benzene rings is 5. The molecule has 11 unspecified atom stereocenters. The van der Waals surface area contributed by atoms with Gasteiger partial charge in [-0.1, -0.05) is 152 Å². The molecule has 488 valence electrons. The Kier molecular flexibility index (Phi) is 24.1. The van der Waals surface area contributed by atoms with Crippen molar-refractivity contribution in [2.24, 2.45) is 11.8 Å². The normalized spacial score (nSPS) is 34.0. The molecule has 4 saturated heterocycles. The van der Waals surface area contributed by atoms with Crippen molar-refractivity contribution >= 4 is 11.9 Å². The van der Waals surface area contributed by atoms with E-state index in [0.29, 0.717) is 11.1 Å². The lowest BCUT2D eigenvalue weighted by Crippen LogP contribution is -2.66. The van der Waals surface area contributed by atoms with Crippen LogP contribution in [-0.4, -0.2) is 202 Å². The molecule has 90 heavy (non-hydrogen) atoms. The van der Waals surface area contributed by atoms with Crippen molar-refractivity contribution in [3.8, 4) is 0 Å². The fourth-order valence-corrected chi connectivity index (χ4v) is 12.3. The average Bonchev–Trinajstić information content (AvgIpc) is 1.51. The summed E-state index contributed by atoms with van der Waals surface area (Å²) in [7, 11) is 10.1. The molecule has 0 bridgehead atoms. The van der Waals surface area contributed by atoms with E-state index in [2.05, 4.69) is 0 Å². The summed E-state index contributed by atoms with van der Waals surface area (Å²) >= 11 is 0. The molecule has 5 fully saturated rings. The number of ether oxygens (including phenoxy) is 19. The second-order valence-electron chi connectivity index (χ2n) is 22.4. The van der Waals surface area contributed by atoms with Crippen LogP contribution in [0.15, 0.2) is 152 Å². The molecule has 1 aliphatic carbocycles. The Morgan fingerprint density at radius 1 is 0.389 bits per heavy atom. The molecule has 0 amide bonds. The van der Waals surface area contributed by atoms with Gasteiger partial charge in [0.2, 0.25) is 0 Å². The molecule has 5 aromatic rings. The lowest BCUT2D eigenvalue weighted by molar-refractivity contribution is -0.382. The van der Waals surface area contributed by atoms with Gasteiger partial charge in [0.1, 0.15) is 86.5 Å². The van der Waals surface area contributed by atoms with Crippen LogP contribution in [-0.2, 0) is 133 Å². The summed E-state index contributed by atoms with van der Waals surface area (Å²) in [4.78, 5) is 28.7. The third-order valence-corrected chi connectivity index (χ3v) is 16.8. The fraction of sp³-hybridized carbons (Fsp3) is 0.522. The maximum atomic E-state index is 14.9. The Morgan fingerprint density at radius 3 is 1.27 bits per heavy atom. The highest BCUT2D eigenvalue weighted by atomic mass is 16.8. The van der Waals surface area contributed by atoms with E-state index in [9.17, 15) is 19.8 Å². The van der Waals surface area contributed by atoms with Gasteiger partial charge in [0.25, 0.3) is 0 Å². The quantitative estimate of drug-likeness (QED) is 0.0442. The van der Waals surface area contributed by atoms with Gasteiger partial charge in [-0.2, -0.15) is 0 Å². The number of hydrogen-bond acceptors (Lipinski definition) is 23. The van der Waals surface area contributed by atoms with Crippen molar-refractivity contribution in [2.45, 2.75) is 149 Å². The van der Waals surface area contributed by atoms with Gasteiger partial charge < -0.3 is 100 Å². The maximum absolute atomic E-state index is 14.9. The first-order valence-electron chi connectivity index (χ1n) is 30.0. The Hall–Kier alpha value is -5.72. The number of methoxy groups -OCH3 is 7. The number of rotatable bonds is 30. The Balaban J connectivity index is 0.976. The number of fused-ring (bicyclic) bond motifs is 1. The van der Waals surface area contributed by atoms with Crippen LogP contribution >= 0.6 is 0 Å². The molecule has 23 nitrogen and oxygen atoms in total. The summed E-state index contributed by atoms with van der Waals surface area (Å²) in [5, 5.41) is 24.5. The molecule has 0 aromatic heterocycles. The molecule has 10 rings (SSSR count). The van der Waals surface area contributed by atoms with Crippen LogP contribution in [0.5, 0.6) is 0 Å². The first kappa shape index (κ1) is 67.2. The topological polar surface area (TPSA) is 250 Å². The number of carbonyl (C=O) groups is 2. The molecule has 4 heterocycles. The largest absolute Gasteiger partial charge is 0.459 e. The van der Waals surface area contributed by atoms with E-state index in [-0.39, 0.29) is 46.2 Å². The van der Waals surface area contributed by atoms with Crippen LogP contribution in [0, 0.1) is 11.8 Å². The molecule has 0 spiro atoms. The standard InChI is InChI=1S/C67H82O23/c1-72-38-45-51(86-65-59(76-5)55(75-4)50(69)56(89-65)62(71)83-37-44-31-21-12-22-32-44)49(68)57(79-33-40-23-13-8-14-24-40)66(85-45)90-67(78-7)47-48(67)54(74-3)64(88-53(47)61(70)82-36-43-29-19-11-20-30-43)87-52-46(39-73-2)84-63(77-6)60(81-35-42-27-17-10-18-28-42)58(52)80-34-41-25-15-9-16-26-41/h8-32,45-60,63-66,68-69H,33-39H2,1-7H3/t45?,46?,47-,48-,49-,50-,51+,52+,53?,54?,55?,56?,57?,58?,59?,60?,63-,64+,65+,66-,67?/m0/s1. The van der Waals surface area contributed by atoms with Crippen molar-refractivity contribution in [3.63, 3.8) is 0 Å². The van der Waals surface area contributed by atoms with E-state index in [1.165, 1.54) is 49.8 Å². The van der Waals surface area contributed by atoms with Crippen molar-refractivity contribution in [3.05, 3.63) is 179 Å². The SMILES string of the molecule is COCC1O[C@H](OC)C(OCc2ccccc2)C(OCc2ccccc2)[C@@H]1O[C@@H]1OC(C(=O)OCc2ccccc2)[C@@H]2[C@@H](C1OC)C2(OC)O[C@@H]1OC(COC)[C@@H](O[C@@H]2OC(C(=O)OCc3ccccc3)[C@@H](O)C(OC)C2OC)[C@H](O)C1OCc1ccccc1. The summed E-state index contributed by atoms with van der Waals surface area (Å²) in [6.07, 6.45) is -22.9. The second-order valence-corrected chi connectivity index (χ2v) is 22.4. The van der Waals surface area contributed by atoms with Gasteiger partial charge in [-0.3, -0.25) is 0 Å². The highest BCUT2D eigenvalue weighted by Crippen LogP contribution is 2.63. The third kappa shape index (κ3) is 15.5. The average molecular weight is 1260 g/mol. The van der Waals surface area contributed by atoms with Crippen LogP contribution < -0.4 is 0 Å². The molecule has 5 aromatic carbocycles. The van der Waals surface area contributed by atoms with Gasteiger partial charge in [-0.15, -0.1) is 0 Å².